The molecule has 2 N–H and O–H groups in total. The Morgan fingerprint density at radius 2 is 1.85 bits per heavy atom. The van der Waals surface area contributed by atoms with E-state index in [-0.39, 0.29) is 30.1 Å². The number of aromatic nitrogens is 3. The first kappa shape index (κ1) is 31.4. The highest BCUT2D eigenvalue weighted by atomic mass is 19.4. The van der Waals surface area contributed by atoms with Gasteiger partial charge in [-0.3, -0.25) is 9.36 Å². The van der Waals surface area contributed by atoms with E-state index in [1.54, 1.807) is 24.3 Å². The van der Waals surface area contributed by atoms with E-state index in [2.05, 4.69) is 15.3 Å². The molecule has 2 aromatic heterocycles. The average molecular weight is 651 g/mol. The first-order chi connectivity index (χ1) is 22.5. The van der Waals surface area contributed by atoms with Crippen molar-refractivity contribution in [2.75, 3.05) is 19.8 Å². The average Bonchev–Trinajstić information content (AvgIpc) is 3.51. The third-order valence-electron chi connectivity index (χ3n) is 10.3. The fraction of sp³-hybridized carbons (Fsp3) is 0.486. The number of halogens is 3. The molecule has 9 nitrogen and oxygen atoms in total. The summed E-state index contributed by atoms with van der Waals surface area (Å²) < 4.78 is 56.8. The van der Waals surface area contributed by atoms with Gasteiger partial charge >= 0.3 is 12.1 Å². The van der Waals surface area contributed by atoms with Crippen LogP contribution < -0.4 is 10.1 Å². The fourth-order valence-electron chi connectivity index (χ4n) is 8.17. The molecule has 0 spiro atoms. The Kier molecular flexibility index (Phi) is 8.10. The number of carbonyl (C=O) groups excluding carboxylic acids is 1. The number of fused-ring (bicyclic) bond motifs is 5. The zero-order chi connectivity index (χ0) is 32.9. The molecule has 7 rings (SSSR count). The lowest BCUT2D eigenvalue weighted by atomic mass is 9.78. The van der Waals surface area contributed by atoms with Crippen molar-refractivity contribution in [2.24, 2.45) is 23.7 Å². The lowest BCUT2D eigenvalue weighted by molar-refractivity contribution is -0.146. The third kappa shape index (κ3) is 5.81. The number of nitrogens with one attached hydrogen (secondary N) is 1. The van der Waals surface area contributed by atoms with Gasteiger partial charge in [-0.2, -0.15) is 13.2 Å². The summed E-state index contributed by atoms with van der Waals surface area (Å²) >= 11 is 0. The zero-order valence-corrected chi connectivity index (χ0v) is 26.1. The Bertz CT molecular complexity index is 1840. The minimum atomic E-state index is -5.01. The highest BCUT2D eigenvalue weighted by Gasteiger charge is 2.56. The molecule has 3 aliphatic rings. The molecule has 2 bridgehead atoms. The van der Waals surface area contributed by atoms with Gasteiger partial charge in [-0.15, -0.1) is 0 Å². The summed E-state index contributed by atoms with van der Waals surface area (Å²) in [4.78, 5) is 34.3. The quantitative estimate of drug-likeness (QED) is 0.216. The standard InChI is InChI=1S/C35H37F3N4O5/c1-20-14-22-16-23(15-20)34(18-22,32(44)45)41-31(43)27-19-39-33(40-30(27)35(36,37)38)42-28-5-3-2-4-25(28)26-17-24(6-7-29(26)42)47-13-10-21-8-11-46-12-9-21/h2-7,17,19-23H,8-16,18H2,1H3,(H,41,43)(H,44,45). The Morgan fingerprint density at radius 1 is 1.09 bits per heavy atom. The van der Waals surface area contributed by atoms with E-state index in [4.69, 9.17) is 9.47 Å². The monoisotopic (exact) mass is 650 g/mol. The van der Waals surface area contributed by atoms with Crippen LogP contribution in [0.3, 0.4) is 0 Å². The number of aliphatic carboxylic acids is 1. The van der Waals surface area contributed by atoms with Crippen molar-refractivity contribution in [2.45, 2.75) is 63.6 Å². The number of hydrogen-bond donors (Lipinski definition) is 2. The maximum absolute atomic E-state index is 14.6. The van der Waals surface area contributed by atoms with E-state index in [9.17, 15) is 27.9 Å². The molecule has 12 heteroatoms. The number of nitrogens with zero attached hydrogens (tertiary/aromatic N) is 3. The van der Waals surface area contributed by atoms with Gasteiger partial charge in [0.2, 0.25) is 5.95 Å². The number of benzene rings is 2. The Hall–Kier alpha value is -4.19. The number of para-hydroxylation sites is 1. The van der Waals surface area contributed by atoms with Crippen molar-refractivity contribution in [1.82, 2.24) is 19.9 Å². The maximum Gasteiger partial charge on any atom is 0.434 e. The van der Waals surface area contributed by atoms with Crippen molar-refractivity contribution in [3.63, 3.8) is 0 Å². The van der Waals surface area contributed by atoms with Crippen molar-refractivity contribution in [1.29, 1.82) is 0 Å². The SMILES string of the molecule is CC1CC2CC(C1)C(NC(=O)c1cnc(-n3c4ccccc4c4cc(OCCC5CCOCC5)ccc43)nc1C(F)(F)F)(C(=O)O)C2. The van der Waals surface area contributed by atoms with Gasteiger partial charge in [0.25, 0.3) is 5.91 Å². The van der Waals surface area contributed by atoms with E-state index in [0.717, 1.165) is 55.9 Å². The summed E-state index contributed by atoms with van der Waals surface area (Å²) in [6.45, 7) is 4.11. The fourth-order valence-corrected chi connectivity index (χ4v) is 8.17. The van der Waals surface area contributed by atoms with Crippen molar-refractivity contribution in [3.8, 4) is 11.7 Å². The molecule has 248 valence electrons. The number of hydrogen-bond acceptors (Lipinski definition) is 6. The van der Waals surface area contributed by atoms with Crippen LogP contribution in [-0.2, 0) is 15.7 Å². The van der Waals surface area contributed by atoms with Gasteiger partial charge in [-0.25, -0.2) is 14.8 Å². The Labute approximate surface area is 269 Å². The van der Waals surface area contributed by atoms with Crippen molar-refractivity contribution in [3.05, 3.63) is 59.9 Å². The second-order valence-corrected chi connectivity index (χ2v) is 13.5. The van der Waals surface area contributed by atoms with Crippen LogP contribution in [0.1, 0.15) is 67.9 Å². The Balaban J connectivity index is 1.22. The summed E-state index contributed by atoms with van der Waals surface area (Å²) in [6, 6.07) is 12.7. The lowest BCUT2D eigenvalue weighted by Crippen LogP contribution is -2.57. The second kappa shape index (κ2) is 12.1. The molecule has 2 aliphatic carbocycles. The molecule has 1 amide bonds. The van der Waals surface area contributed by atoms with Crippen LogP contribution in [0.15, 0.2) is 48.7 Å². The third-order valence-corrected chi connectivity index (χ3v) is 10.3. The molecule has 47 heavy (non-hydrogen) atoms. The van der Waals surface area contributed by atoms with Crippen LogP contribution in [0.2, 0.25) is 0 Å². The number of carbonyl (C=O) groups is 2. The number of rotatable bonds is 8. The maximum atomic E-state index is 14.6. The molecule has 2 saturated carbocycles. The molecule has 0 radical (unpaired) electrons. The van der Waals surface area contributed by atoms with Crippen LogP contribution in [0.4, 0.5) is 13.2 Å². The van der Waals surface area contributed by atoms with E-state index >= 15 is 0 Å². The lowest BCUT2D eigenvalue weighted by Gasteiger charge is -2.33. The van der Waals surface area contributed by atoms with Crippen molar-refractivity contribution >= 4 is 33.7 Å². The van der Waals surface area contributed by atoms with Crippen LogP contribution in [-0.4, -0.2) is 56.9 Å². The van der Waals surface area contributed by atoms with Crippen LogP contribution in [0.5, 0.6) is 5.75 Å². The summed E-state index contributed by atoms with van der Waals surface area (Å²) in [5.41, 5.74) is -2.70. The van der Waals surface area contributed by atoms with Crippen LogP contribution in [0, 0.1) is 23.7 Å². The van der Waals surface area contributed by atoms with Gasteiger partial charge in [0.1, 0.15) is 11.3 Å². The zero-order valence-electron chi connectivity index (χ0n) is 26.1. The number of amides is 1. The van der Waals surface area contributed by atoms with Crippen LogP contribution in [0.25, 0.3) is 27.8 Å². The molecule has 3 fully saturated rings. The van der Waals surface area contributed by atoms with Gasteiger partial charge in [0, 0.05) is 30.2 Å². The van der Waals surface area contributed by atoms with E-state index in [1.807, 2.05) is 25.1 Å². The van der Waals surface area contributed by atoms with Gasteiger partial charge in [0.15, 0.2) is 5.69 Å². The number of ether oxygens (including phenoxy) is 2. The smallest absolute Gasteiger partial charge is 0.434 e. The number of alkyl halides is 3. The predicted molar refractivity (Wildman–Crippen MR) is 167 cm³/mol. The highest BCUT2D eigenvalue weighted by Crippen LogP contribution is 2.50. The molecule has 3 heterocycles. The van der Waals surface area contributed by atoms with Crippen molar-refractivity contribution < 1.29 is 37.3 Å². The molecule has 1 saturated heterocycles. The minimum Gasteiger partial charge on any atom is -0.494 e. The normalized spacial score (nSPS) is 24.9. The molecule has 4 unspecified atom stereocenters. The van der Waals surface area contributed by atoms with Gasteiger partial charge in [-0.05, 0) is 92.9 Å². The van der Waals surface area contributed by atoms with Gasteiger partial charge < -0.3 is 19.9 Å². The summed E-state index contributed by atoms with van der Waals surface area (Å²) in [5.74, 6) is -1.42. The number of carboxylic acids is 1. The molecule has 4 atom stereocenters. The molecule has 1 aliphatic heterocycles. The molecular formula is C35H37F3N4O5. The highest BCUT2D eigenvalue weighted by molar-refractivity contribution is 6.09. The summed E-state index contributed by atoms with van der Waals surface area (Å²) in [5, 5.41) is 14.3. The topological polar surface area (TPSA) is 116 Å². The largest absolute Gasteiger partial charge is 0.494 e. The first-order valence-corrected chi connectivity index (χ1v) is 16.3. The Morgan fingerprint density at radius 3 is 2.62 bits per heavy atom. The molecule has 2 aromatic carbocycles. The van der Waals surface area contributed by atoms with Crippen LogP contribution >= 0.6 is 0 Å². The van der Waals surface area contributed by atoms with E-state index in [0.29, 0.717) is 42.1 Å². The van der Waals surface area contributed by atoms with E-state index in [1.165, 1.54) is 4.57 Å². The van der Waals surface area contributed by atoms with Gasteiger partial charge in [0.05, 0.1) is 23.2 Å². The summed E-state index contributed by atoms with van der Waals surface area (Å²) in [7, 11) is 0. The number of carboxylic acid groups (broad SMARTS) is 1. The van der Waals surface area contributed by atoms with E-state index < -0.39 is 34.8 Å². The first-order valence-electron chi connectivity index (χ1n) is 16.3. The molecule has 4 aromatic rings. The summed E-state index contributed by atoms with van der Waals surface area (Å²) in [6.07, 6.45) is 0.996. The molecular weight excluding hydrogens is 613 g/mol. The second-order valence-electron chi connectivity index (χ2n) is 13.5. The minimum absolute atomic E-state index is 0.0917. The van der Waals surface area contributed by atoms with Gasteiger partial charge in [-0.1, -0.05) is 25.1 Å². The predicted octanol–water partition coefficient (Wildman–Crippen LogP) is 6.80.